The lowest BCUT2D eigenvalue weighted by Gasteiger charge is -2.14. The minimum absolute atomic E-state index is 0.402. The number of halogens is 1. The van der Waals surface area contributed by atoms with E-state index in [2.05, 4.69) is 32.0 Å². The van der Waals surface area contributed by atoms with Crippen LogP contribution in [0.1, 0.15) is 22.3 Å². The lowest BCUT2D eigenvalue weighted by Crippen LogP contribution is -2.15. The molecule has 1 N–H and O–H groups in total. The van der Waals surface area contributed by atoms with Crippen molar-refractivity contribution >= 4 is 11.6 Å². The lowest BCUT2D eigenvalue weighted by molar-refractivity contribution is 0.175. The van der Waals surface area contributed by atoms with Crippen LogP contribution in [0.3, 0.4) is 0 Å². The van der Waals surface area contributed by atoms with Gasteiger partial charge in [0.05, 0.1) is 6.10 Å². The van der Waals surface area contributed by atoms with Crippen LogP contribution in [0.5, 0.6) is 0 Å². The molecule has 19 heavy (non-hydrogen) atoms. The van der Waals surface area contributed by atoms with Gasteiger partial charge in [-0.2, -0.15) is 0 Å². The van der Waals surface area contributed by atoms with Crippen LogP contribution in [0.4, 0.5) is 0 Å². The van der Waals surface area contributed by atoms with Gasteiger partial charge in [0.15, 0.2) is 0 Å². The molecule has 0 aromatic heterocycles. The molecule has 1 atom stereocenters. The van der Waals surface area contributed by atoms with Crippen LogP contribution in [0.2, 0.25) is 5.02 Å². The maximum Gasteiger partial charge on any atom is 0.0621 e. The molecule has 0 fully saturated rings. The summed E-state index contributed by atoms with van der Waals surface area (Å²) in [6.07, 6.45) is 0.853. The predicted molar refractivity (Wildman–Crippen MR) is 80.8 cm³/mol. The van der Waals surface area contributed by atoms with Gasteiger partial charge in [-0.1, -0.05) is 53.6 Å². The van der Waals surface area contributed by atoms with Crippen molar-refractivity contribution in [1.82, 2.24) is 0 Å². The monoisotopic (exact) mass is 274 g/mol. The van der Waals surface area contributed by atoms with Gasteiger partial charge in [-0.25, -0.2) is 0 Å². The van der Waals surface area contributed by atoms with Crippen LogP contribution in [0.15, 0.2) is 42.5 Å². The average Bonchev–Trinajstić information content (AvgIpc) is 2.37. The van der Waals surface area contributed by atoms with Crippen LogP contribution in [0, 0.1) is 13.8 Å². The second-order valence-corrected chi connectivity index (χ2v) is 5.49. The summed E-state index contributed by atoms with van der Waals surface area (Å²) in [5, 5.41) is 11.0. The normalized spacial score (nSPS) is 12.4. The maximum atomic E-state index is 10.2. The molecular weight excluding hydrogens is 256 g/mol. The van der Waals surface area contributed by atoms with Crippen LogP contribution in [0.25, 0.3) is 0 Å². The smallest absolute Gasteiger partial charge is 0.0621 e. The first-order valence-corrected chi connectivity index (χ1v) is 6.91. The minimum atomic E-state index is -0.402. The summed E-state index contributed by atoms with van der Waals surface area (Å²) in [6.45, 7) is 4.15. The zero-order valence-corrected chi connectivity index (χ0v) is 12.1. The summed E-state index contributed by atoms with van der Waals surface area (Å²) in [6, 6.07) is 14.0. The molecule has 0 bridgehead atoms. The van der Waals surface area contributed by atoms with E-state index < -0.39 is 6.10 Å². The van der Waals surface area contributed by atoms with Crippen molar-refractivity contribution in [3.8, 4) is 0 Å². The standard InChI is InChI=1S/C17H19ClO/c1-12-7-8-13(2)15(9-12)11-16(19)10-14-5-3-4-6-17(14)18/h3-9,16,19H,10-11H2,1-2H3. The largest absolute Gasteiger partial charge is 0.392 e. The summed E-state index contributed by atoms with van der Waals surface area (Å²) < 4.78 is 0. The van der Waals surface area contributed by atoms with Gasteiger partial charge in [0.1, 0.15) is 0 Å². The zero-order chi connectivity index (χ0) is 13.8. The Morgan fingerprint density at radius 1 is 1.00 bits per heavy atom. The van der Waals surface area contributed by atoms with E-state index in [0.29, 0.717) is 12.8 Å². The van der Waals surface area contributed by atoms with E-state index in [1.54, 1.807) is 0 Å². The quantitative estimate of drug-likeness (QED) is 0.890. The topological polar surface area (TPSA) is 20.2 Å². The number of hydrogen-bond acceptors (Lipinski definition) is 1. The van der Waals surface area contributed by atoms with E-state index in [1.807, 2.05) is 24.3 Å². The van der Waals surface area contributed by atoms with E-state index in [9.17, 15) is 5.11 Å². The minimum Gasteiger partial charge on any atom is -0.392 e. The Labute approximate surface area is 119 Å². The van der Waals surface area contributed by atoms with Gasteiger partial charge in [0.25, 0.3) is 0 Å². The van der Waals surface area contributed by atoms with Crippen molar-refractivity contribution in [2.75, 3.05) is 0 Å². The molecule has 2 rings (SSSR count). The number of aliphatic hydroxyl groups is 1. The average molecular weight is 275 g/mol. The molecule has 0 aliphatic carbocycles. The highest BCUT2D eigenvalue weighted by Gasteiger charge is 2.10. The second-order valence-electron chi connectivity index (χ2n) is 5.08. The molecule has 0 saturated carbocycles. The van der Waals surface area contributed by atoms with Crippen LogP contribution in [-0.4, -0.2) is 11.2 Å². The van der Waals surface area contributed by atoms with Crippen molar-refractivity contribution in [2.45, 2.75) is 32.8 Å². The van der Waals surface area contributed by atoms with Gasteiger partial charge in [-0.05, 0) is 43.0 Å². The van der Waals surface area contributed by atoms with Crippen molar-refractivity contribution in [3.05, 3.63) is 69.7 Å². The van der Waals surface area contributed by atoms with Gasteiger partial charge in [-0.15, -0.1) is 0 Å². The number of hydrogen-bond donors (Lipinski definition) is 1. The Morgan fingerprint density at radius 2 is 1.68 bits per heavy atom. The van der Waals surface area contributed by atoms with Crippen LogP contribution >= 0.6 is 11.6 Å². The molecule has 2 aromatic rings. The molecule has 1 unspecified atom stereocenters. The van der Waals surface area contributed by atoms with Gasteiger partial charge < -0.3 is 5.11 Å². The zero-order valence-electron chi connectivity index (χ0n) is 11.4. The fourth-order valence-corrected chi connectivity index (χ4v) is 2.48. The first kappa shape index (κ1) is 14.1. The summed E-state index contributed by atoms with van der Waals surface area (Å²) in [7, 11) is 0. The highest BCUT2D eigenvalue weighted by molar-refractivity contribution is 6.31. The predicted octanol–water partition coefficient (Wildman–Crippen LogP) is 4.10. The lowest BCUT2D eigenvalue weighted by atomic mass is 9.97. The molecule has 0 saturated heterocycles. The summed E-state index contributed by atoms with van der Waals surface area (Å²) in [5.41, 5.74) is 4.66. The van der Waals surface area contributed by atoms with Crippen molar-refractivity contribution in [3.63, 3.8) is 0 Å². The molecule has 1 nitrogen and oxygen atoms in total. The molecule has 100 valence electrons. The second kappa shape index (κ2) is 6.23. The number of aryl methyl sites for hydroxylation is 2. The third-order valence-electron chi connectivity index (χ3n) is 3.37. The van der Waals surface area contributed by atoms with Gasteiger partial charge >= 0.3 is 0 Å². The molecule has 2 aromatic carbocycles. The molecule has 2 heteroatoms. The van der Waals surface area contributed by atoms with Crippen molar-refractivity contribution in [1.29, 1.82) is 0 Å². The van der Waals surface area contributed by atoms with E-state index in [-0.39, 0.29) is 0 Å². The molecular formula is C17H19ClO. The molecule has 0 amide bonds. The van der Waals surface area contributed by atoms with Crippen molar-refractivity contribution < 1.29 is 5.11 Å². The summed E-state index contributed by atoms with van der Waals surface area (Å²) in [4.78, 5) is 0. The third-order valence-corrected chi connectivity index (χ3v) is 3.74. The van der Waals surface area contributed by atoms with Gasteiger partial charge in [0.2, 0.25) is 0 Å². The Kier molecular flexibility index (Phi) is 4.62. The Balaban J connectivity index is 2.07. The SMILES string of the molecule is Cc1ccc(C)c(CC(O)Cc2ccccc2Cl)c1. The number of benzene rings is 2. The summed E-state index contributed by atoms with van der Waals surface area (Å²) in [5.74, 6) is 0. The highest BCUT2D eigenvalue weighted by Crippen LogP contribution is 2.19. The first-order valence-electron chi connectivity index (χ1n) is 6.54. The molecule has 0 radical (unpaired) electrons. The fourth-order valence-electron chi connectivity index (χ4n) is 2.26. The summed E-state index contributed by atoms with van der Waals surface area (Å²) >= 11 is 6.12. The van der Waals surface area contributed by atoms with Crippen LogP contribution in [-0.2, 0) is 12.8 Å². The molecule has 0 aliphatic heterocycles. The Hall–Kier alpha value is -1.31. The molecule has 0 aliphatic rings. The fraction of sp³-hybridized carbons (Fsp3) is 0.294. The number of aliphatic hydroxyl groups excluding tert-OH is 1. The van der Waals surface area contributed by atoms with E-state index >= 15 is 0 Å². The molecule has 0 heterocycles. The Morgan fingerprint density at radius 3 is 2.42 bits per heavy atom. The number of rotatable bonds is 4. The van der Waals surface area contributed by atoms with Crippen LogP contribution < -0.4 is 0 Å². The Bertz CT molecular complexity index is 563. The van der Waals surface area contributed by atoms with Crippen molar-refractivity contribution in [2.24, 2.45) is 0 Å². The van der Waals surface area contributed by atoms with E-state index in [4.69, 9.17) is 11.6 Å². The first-order chi connectivity index (χ1) is 9.06. The van der Waals surface area contributed by atoms with E-state index in [0.717, 1.165) is 10.6 Å². The third kappa shape index (κ3) is 3.82. The van der Waals surface area contributed by atoms with Gasteiger partial charge in [-0.3, -0.25) is 0 Å². The van der Waals surface area contributed by atoms with Gasteiger partial charge in [0, 0.05) is 11.4 Å². The van der Waals surface area contributed by atoms with E-state index in [1.165, 1.54) is 16.7 Å². The maximum absolute atomic E-state index is 10.2. The highest BCUT2D eigenvalue weighted by atomic mass is 35.5. The molecule has 0 spiro atoms.